The minimum atomic E-state index is -0.571. The lowest BCUT2D eigenvalue weighted by molar-refractivity contribution is -0.157. The van der Waals surface area contributed by atoms with Crippen molar-refractivity contribution in [2.75, 3.05) is 26.7 Å². The van der Waals surface area contributed by atoms with Gasteiger partial charge in [-0.15, -0.1) is 0 Å². The number of ether oxygens (including phenoxy) is 1. The topological polar surface area (TPSA) is 32.8 Å². The van der Waals surface area contributed by atoms with Gasteiger partial charge in [-0.05, 0) is 25.0 Å². The summed E-state index contributed by atoms with van der Waals surface area (Å²) in [4.78, 5) is 17.4. The Morgan fingerprint density at radius 2 is 1.52 bits per heavy atom. The zero-order valence-electron chi connectivity index (χ0n) is 16.6. The van der Waals surface area contributed by atoms with Gasteiger partial charge in [0.15, 0.2) is 0 Å². The Morgan fingerprint density at radius 1 is 0.963 bits per heavy atom. The van der Waals surface area contributed by atoms with E-state index in [1.54, 1.807) is 0 Å². The van der Waals surface area contributed by atoms with Gasteiger partial charge < -0.3 is 4.74 Å². The molecule has 1 fully saturated rings. The third kappa shape index (κ3) is 4.76. The fourth-order valence-electron chi connectivity index (χ4n) is 3.95. The molecule has 2 aromatic carbocycles. The third-order valence-electron chi connectivity index (χ3n) is 5.60. The van der Waals surface area contributed by atoms with Crippen LogP contribution in [-0.2, 0) is 22.6 Å². The first-order chi connectivity index (χ1) is 13.0. The maximum absolute atomic E-state index is 12.5. The van der Waals surface area contributed by atoms with Crippen LogP contribution < -0.4 is 0 Å². The molecule has 27 heavy (non-hydrogen) atoms. The van der Waals surface area contributed by atoms with Gasteiger partial charge >= 0.3 is 5.97 Å². The summed E-state index contributed by atoms with van der Waals surface area (Å²) in [5, 5.41) is 0. The van der Waals surface area contributed by atoms with Crippen molar-refractivity contribution in [3.8, 4) is 0 Å². The Kier molecular flexibility index (Phi) is 6.30. The van der Waals surface area contributed by atoms with E-state index in [4.69, 9.17) is 4.74 Å². The number of carbonyl (C=O) groups excluding carboxylic acids is 1. The van der Waals surface area contributed by atoms with Gasteiger partial charge in [0, 0.05) is 38.8 Å². The molecule has 1 aliphatic heterocycles. The molecule has 0 aromatic heterocycles. The summed E-state index contributed by atoms with van der Waals surface area (Å²) < 4.78 is 5.14. The second-order valence-corrected chi connectivity index (χ2v) is 7.91. The zero-order valence-corrected chi connectivity index (χ0v) is 16.6. The SMILES string of the molecule is COC(=O)C(C)(C)C1CN(Cc2ccccc2)CCN1Cc1ccccc1. The van der Waals surface area contributed by atoms with Gasteiger partial charge in [-0.2, -0.15) is 0 Å². The van der Waals surface area contributed by atoms with Gasteiger partial charge in [0.05, 0.1) is 12.5 Å². The largest absolute Gasteiger partial charge is 0.469 e. The molecule has 0 aliphatic carbocycles. The molecule has 144 valence electrons. The van der Waals surface area contributed by atoms with Crippen LogP contribution in [-0.4, -0.2) is 48.6 Å². The Labute approximate surface area is 162 Å². The van der Waals surface area contributed by atoms with Gasteiger partial charge in [-0.1, -0.05) is 60.7 Å². The number of rotatable bonds is 6. The first-order valence-electron chi connectivity index (χ1n) is 9.63. The Hall–Kier alpha value is -2.17. The summed E-state index contributed by atoms with van der Waals surface area (Å²) in [6.45, 7) is 8.56. The highest BCUT2D eigenvalue weighted by Crippen LogP contribution is 2.31. The zero-order chi connectivity index (χ0) is 19.3. The van der Waals surface area contributed by atoms with Crippen LogP contribution >= 0.6 is 0 Å². The van der Waals surface area contributed by atoms with Crippen molar-refractivity contribution >= 4 is 5.97 Å². The van der Waals surface area contributed by atoms with Crippen molar-refractivity contribution in [2.45, 2.75) is 33.0 Å². The van der Waals surface area contributed by atoms with Crippen molar-refractivity contribution in [1.29, 1.82) is 0 Å². The average molecular weight is 367 g/mol. The number of benzene rings is 2. The van der Waals surface area contributed by atoms with Crippen LogP contribution in [0.3, 0.4) is 0 Å². The Morgan fingerprint density at radius 3 is 2.07 bits per heavy atom. The summed E-state index contributed by atoms with van der Waals surface area (Å²) in [5.74, 6) is -0.146. The number of nitrogens with zero attached hydrogens (tertiary/aromatic N) is 2. The standard InChI is InChI=1S/C23H30N2O2/c1-23(2,22(26)27-3)21-18-24(16-19-10-6-4-7-11-19)14-15-25(21)17-20-12-8-5-9-13-20/h4-13,21H,14-18H2,1-3H3. The first kappa shape index (κ1) is 19.6. The quantitative estimate of drug-likeness (QED) is 0.732. The predicted molar refractivity (Wildman–Crippen MR) is 108 cm³/mol. The number of piperazine rings is 1. The number of hydrogen-bond acceptors (Lipinski definition) is 4. The van der Waals surface area contributed by atoms with Crippen molar-refractivity contribution in [3.05, 3.63) is 71.8 Å². The summed E-state index contributed by atoms with van der Waals surface area (Å²) in [5.41, 5.74) is 2.02. The van der Waals surface area contributed by atoms with E-state index in [0.717, 1.165) is 32.7 Å². The molecule has 3 rings (SSSR count). The molecule has 0 bridgehead atoms. The number of carbonyl (C=O) groups is 1. The van der Waals surface area contributed by atoms with Gasteiger partial charge in [0.1, 0.15) is 0 Å². The third-order valence-corrected chi connectivity index (χ3v) is 5.60. The highest BCUT2D eigenvalue weighted by atomic mass is 16.5. The number of methoxy groups -OCH3 is 1. The second kappa shape index (κ2) is 8.68. The summed E-state index contributed by atoms with van der Waals surface area (Å²) in [7, 11) is 1.48. The first-order valence-corrected chi connectivity index (χ1v) is 9.63. The van der Waals surface area contributed by atoms with Crippen LogP contribution in [0.1, 0.15) is 25.0 Å². The number of esters is 1. The van der Waals surface area contributed by atoms with E-state index in [0.29, 0.717) is 0 Å². The molecular weight excluding hydrogens is 336 g/mol. The van der Waals surface area contributed by atoms with Crippen LogP contribution in [0.25, 0.3) is 0 Å². The van der Waals surface area contributed by atoms with E-state index in [-0.39, 0.29) is 12.0 Å². The predicted octanol–water partition coefficient (Wildman–Crippen LogP) is 3.57. The van der Waals surface area contributed by atoms with Crippen molar-refractivity contribution in [1.82, 2.24) is 9.80 Å². The van der Waals surface area contributed by atoms with E-state index >= 15 is 0 Å². The lowest BCUT2D eigenvalue weighted by atomic mass is 9.81. The molecule has 1 heterocycles. The van der Waals surface area contributed by atoms with Crippen molar-refractivity contribution in [3.63, 3.8) is 0 Å². The van der Waals surface area contributed by atoms with Crippen LogP contribution in [0.15, 0.2) is 60.7 Å². The molecule has 1 unspecified atom stereocenters. The number of hydrogen-bond donors (Lipinski definition) is 0. The smallest absolute Gasteiger partial charge is 0.312 e. The van der Waals surface area contributed by atoms with E-state index in [1.807, 2.05) is 26.0 Å². The minimum Gasteiger partial charge on any atom is -0.469 e. The average Bonchev–Trinajstić information content (AvgIpc) is 2.70. The lowest BCUT2D eigenvalue weighted by Gasteiger charge is -2.47. The van der Waals surface area contributed by atoms with E-state index in [2.05, 4.69) is 58.3 Å². The maximum Gasteiger partial charge on any atom is 0.312 e. The van der Waals surface area contributed by atoms with Crippen LogP contribution in [0.2, 0.25) is 0 Å². The maximum atomic E-state index is 12.5. The van der Waals surface area contributed by atoms with Crippen molar-refractivity contribution < 1.29 is 9.53 Å². The minimum absolute atomic E-state index is 0.0996. The lowest BCUT2D eigenvalue weighted by Crippen LogP contribution is -2.59. The van der Waals surface area contributed by atoms with Crippen LogP contribution in [0.4, 0.5) is 0 Å². The van der Waals surface area contributed by atoms with Gasteiger partial charge in [0.2, 0.25) is 0 Å². The molecule has 0 saturated carbocycles. The normalized spacial score (nSPS) is 19.0. The molecule has 2 aromatic rings. The Balaban J connectivity index is 1.78. The van der Waals surface area contributed by atoms with Crippen LogP contribution in [0.5, 0.6) is 0 Å². The molecular formula is C23H30N2O2. The van der Waals surface area contributed by atoms with Gasteiger partial charge in [0.25, 0.3) is 0 Å². The van der Waals surface area contributed by atoms with E-state index in [9.17, 15) is 4.79 Å². The monoisotopic (exact) mass is 366 g/mol. The fourth-order valence-corrected chi connectivity index (χ4v) is 3.95. The van der Waals surface area contributed by atoms with E-state index in [1.165, 1.54) is 18.2 Å². The highest BCUT2D eigenvalue weighted by molar-refractivity contribution is 5.76. The van der Waals surface area contributed by atoms with Gasteiger partial charge in [-0.25, -0.2) is 0 Å². The van der Waals surface area contributed by atoms with Gasteiger partial charge in [-0.3, -0.25) is 14.6 Å². The molecule has 1 aliphatic rings. The summed E-state index contributed by atoms with van der Waals surface area (Å²) in [6, 6.07) is 21.1. The molecule has 1 saturated heterocycles. The highest BCUT2D eigenvalue weighted by Gasteiger charge is 2.43. The van der Waals surface area contributed by atoms with Crippen LogP contribution in [0, 0.1) is 5.41 Å². The summed E-state index contributed by atoms with van der Waals surface area (Å²) >= 11 is 0. The van der Waals surface area contributed by atoms with E-state index < -0.39 is 5.41 Å². The molecule has 0 N–H and O–H groups in total. The summed E-state index contributed by atoms with van der Waals surface area (Å²) in [6.07, 6.45) is 0. The molecule has 4 nitrogen and oxygen atoms in total. The molecule has 4 heteroatoms. The Bertz CT molecular complexity index is 731. The second-order valence-electron chi connectivity index (χ2n) is 7.91. The molecule has 1 atom stereocenters. The molecule has 0 spiro atoms. The fraction of sp³-hybridized carbons (Fsp3) is 0.435. The van der Waals surface area contributed by atoms with Crippen molar-refractivity contribution in [2.24, 2.45) is 5.41 Å². The molecule has 0 amide bonds. The molecule has 0 radical (unpaired) electrons.